The molecule has 0 radical (unpaired) electrons. The van der Waals surface area contributed by atoms with Gasteiger partial charge >= 0.3 is 0 Å². The standard InChI is InChI=1S/C22H28N2O4S2/c25-29(26)13-9-23(10-14-29)17-19-1-5-21(6-2-19)22-7-3-20(4-8-22)18-24-11-15-30(27,28)16-12-24/h1-8H,9-18H2. The molecular weight excluding hydrogens is 420 g/mol. The van der Waals surface area contributed by atoms with Gasteiger partial charge in [0.1, 0.15) is 0 Å². The first-order chi connectivity index (χ1) is 14.3. The number of sulfone groups is 2. The van der Waals surface area contributed by atoms with Crippen molar-refractivity contribution in [2.75, 3.05) is 49.2 Å². The molecule has 2 aliphatic rings. The molecular formula is C22H28N2O4S2. The van der Waals surface area contributed by atoms with E-state index >= 15 is 0 Å². The zero-order valence-electron chi connectivity index (χ0n) is 17.0. The van der Waals surface area contributed by atoms with Crippen molar-refractivity contribution in [3.8, 4) is 11.1 Å². The Morgan fingerprint density at radius 2 is 0.833 bits per heavy atom. The van der Waals surface area contributed by atoms with Gasteiger partial charge in [0.2, 0.25) is 0 Å². The van der Waals surface area contributed by atoms with Crippen molar-refractivity contribution < 1.29 is 16.8 Å². The molecule has 0 N–H and O–H groups in total. The third-order valence-electron chi connectivity index (χ3n) is 5.93. The maximum atomic E-state index is 11.6. The summed E-state index contributed by atoms with van der Waals surface area (Å²) < 4.78 is 46.2. The van der Waals surface area contributed by atoms with Gasteiger partial charge in [0.15, 0.2) is 19.7 Å². The summed E-state index contributed by atoms with van der Waals surface area (Å²) in [5.41, 5.74) is 4.68. The monoisotopic (exact) mass is 448 g/mol. The van der Waals surface area contributed by atoms with E-state index in [1.165, 1.54) is 11.1 Å². The number of rotatable bonds is 5. The molecule has 0 spiro atoms. The second-order valence-electron chi connectivity index (χ2n) is 8.25. The van der Waals surface area contributed by atoms with E-state index in [-0.39, 0.29) is 23.0 Å². The smallest absolute Gasteiger partial charge is 0.152 e. The lowest BCUT2D eigenvalue weighted by Crippen LogP contribution is -2.39. The fourth-order valence-electron chi connectivity index (χ4n) is 3.94. The van der Waals surface area contributed by atoms with Gasteiger partial charge in [0, 0.05) is 39.3 Å². The Morgan fingerprint density at radius 1 is 0.533 bits per heavy atom. The molecule has 0 atom stereocenters. The van der Waals surface area contributed by atoms with Crippen LogP contribution >= 0.6 is 0 Å². The van der Waals surface area contributed by atoms with Gasteiger partial charge in [-0.3, -0.25) is 9.80 Å². The van der Waals surface area contributed by atoms with Crippen molar-refractivity contribution in [3.05, 3.63) is 59.7 Å². The SMILES string of the molecule is O=S1(=O)CCN(Cc2ccc(-c3ccc(CN4CCS(=O)(=O)CC4)cc3)cc2)CC1. The maximum Gasteiger partial charge on any atom is 0.152 e. The molecule has 2 fully saturated rings. The largest absolute Gasteiger partial charge is 0.297 e. The zero-order chi connectivity index (χ0) is 21.2. The molecule has 2 saturated heterocycles. The van der Waals surface area contributed by atoms with Gasteiger partial charge in [0.05, 0.1) is 23.0 Å². The summed E-state index contributed by atoms with van der Waals surface area (Å²) in [5.74, 6) is 1.02. The second-order valence-corrected chi connectivity index (χ2v) is 12.9. The molecule has 2 aliphatic heterocycles. The summed E-state index contributed by atoms with van der Waals surface area (Å²) in [6.07, 6.45) is 0. The van der Waals surface area contributed by atoms with Crippen LogP contribution in [0.4, 0.5) is 0 Å². The van der Waals surface area contributed by atoms with Crippen LogP contribution in [0.1, 0.15) is 11.1 Å². The summed E-state index contributed by atoms with van der Waals surface area (Å²) in [4.78, 5) is 4.38. The minimum atomic E-state index is -2.84. The molecule has 2 heterocycles. The average Bonchev–Trinajstić information content (AvgIpc) is 2.72. The zero-order valence-corrected chi connectivity index (χ0v) is 18.7. The van der Waals surface area contributed by atoms with Crippen LogP contribution in [0.2, 0.25) is 0 Å². The molecule has 0 amide bonds. The van der Waals surface area contributed by atoms with Crippen LogP contribution in [0.25, 0.3) is 11.1 Å². The number of nitrogens with zero attached hydrogens (tertiary/aromatic N) is 2. The van der Waals surface area contributed by atoms with Crippen LogP contribution in [-0.4, -0.2) is 75.8 Å². The van der Waals surface area contributed by atoms with Gasteiger partial charge < -0.3 is 0 Å². The van der Waals surface area contributed by atoms with Crippen LogP contribution in [0.3, 0.4) is 0 Å². The molecule has 0 aromatic heterocycles. The van der Waals surface area contributed by atoms with E-state index in [1.807, 2.05) is 0 Å². The maximum absolute atomic E-state index is 11.6. The van der Waals surface area contributed by atoms with Crippen molar-refractivity contribution in [1.82, 2.24) is 9.80 Å². The van der Waals surface area contributed by atoms with Gasteiger partial charge in [-0.05, 0) is 22.3 Å². The van der Waals surface area contributed by atoms with E-state index in [4.69, 9.17) is 0 Å². The lowest BCUT2D eigenvalue weighted by atomic mass is 10.0. The van der Waals surface area contributed by atoms with Crippen molar-refractivity contribution in [3.63, 3.8) is 0 Å². The predicted molar refractivity (Wildman–Crippen MR) is 120 cm³/mol. The Morgan fingerprint density at radius 3 is 1.13 bits per heavy atom. The van der Waals surface area contributed by atoms with Gasteiger partial charge in [-0.2, -0.15) is 0 Å². The first kappa shape index (κ1) is 21.5. The lowest BCUT2D eigenvalue weighted by molar-refractivity contribution is 0.287. The molecule has 30 heavy (non-hydrogen) atoms. The van der Waals surface area contributed by atoms with E-state index in [0.717, 1.165) is 24.2 Å². The second kappa shape index (κ2) is 8.78. The van der Waals surface area contributed by atoms with Crippen LogP contribution in [0.5, 0.6) is 0 Å². The molecule has 2 aromatic carbocycles. The third kappa shape index (κ3) is 5.69. The molecule has 0 unspecified atom stereocenters. The Kier molecular flexibility index (Phi) is 6.29. The molecule has 0 saturated carbocycles. The first-order valence-electron chi connectivity index (χ1n) is 10.3. The van der Waals surface area contributed by atoms with Crippen LogP contribution < -0.4 is 0 Å². The van der Waals surface area contributed by atoms with Crippen molar-refractivity contribution in [1.29, 1.82) is 0 Å². The Hall–Kier alpha value is -1.74. The van der Waals surface area contributed by atoms with Crippen molar-refractivity contribution in [2.24, 2.45) is 0 Å². The highest BCUT2D eigenvalue weighted by atomic mass is 32.2. The summed E-state index contributed by atoms with van der Waals surface area (Å²) in [5, 5.41) is 0. The highest BCUT2D eigenvalue weighted by Crippen LogP contribution is 2.22. The van der Waals surface area contributed by atoms with E-state index < -0.39 is 19.7 Å². The predicted octanol–water partition coefficient (Wildman–Crippen LogP) is 1.81. The van der Waals surface area contributed by atoms with Gasteiger partial charge in [-0.25, -0.2) is 16.8 Å². The van der Waals surface area contributed by atoms with Gasteiger partial charge in [-0.1, -0.05) is 48.5 Å². The van der Waals surface area contributed by atoms with E-state index in [9.17, 15) is 16.8 Å². The number of benzene rings is 2. The highest BCUT2D eigenvalue weighted by Gasteiger charge is 2.22. The van der Waals surface area contributed by atoms with Crippen LogP contribution in [-0.2, 0) is 32.8 Å². The van der Waals surface area contributed by atoms with Crippen molar-refractivity contribution in [2.45, 2.75) is 13.1 Å². The molecule has 4 rings (SSSR count). The minimum absolute atomic E-state index is 0.255. The quantitative estimate of drug-likeness (QED) is 0.695. The minimum Gasteiger partial charge on any atom is -0.297 e. The Bertz CT molecular complexity index is 961. The molecule has 2 aromatic rings. The van der Waals surface area contributed by atoms with Gasteiger partial charge in [-0.15, -0.1) is 0 Å². The van der Waals surface area contributed by atoms with E-state index in [0.29, 0.717) is 26.2 Å². The molecule has 0 aliphatic carbocycles. The molecule has 0 bridgehead atoms. The van der Waals surface area contributed by atoms with Gasteiger partial charge in [0.25, 0.3) is 0 Å². The fraction of sp³-hybridized carbons (Fsp3) is 0.455. The summed E-state index contributed by atoms with van der Waals surface area (Å²) in [6.45, 7) is 3.98. The molecule has 8 heteroatoms. The number of hydrogen-bond donors (Lipinski definition) is 0. The Labute approximate surface area is 179 Å². The fourth-order valence-corrected chi connectivity index (χ4v) is 6.49. The third-order valence-corrected chi connectivity index (χ3v) is 9.15. The molecule has 6 nitrogen and oxygen atoms in total. The van der Waals surface area contributed by atoms with Crippen molar-refractivity contribution >= 4 is 19.7 Å². The molecule has 162 valence electrons. The topological polar surface area (TPSA) is 74.8 Å². The van der Waals surface area contributed by atoms with Crippen LogP contribution in [0, 0.1) is 0 Å². The average molecular weight is 449 g/mol. The first-order valence-corrected chi connectivity index (χ1v) is 14.0. The Balaban J connectivity index is 1.33. The number of hydrogen-bond acceptors (Lipinski definition) is 6. The normalized spacial score (nSPS) is 22.0. The lowest BCUT2D eigenvalue weighted by Gasteiger charge is -2.26. The summed E-state index contributed by atoms with van der Waals surface area (Å²) in [7, 11) is -5.68. The van der Waals surface area contributed by atoms with E-state index in [1.54, 1.807) is 0 Å². The highest BCUT2D eigenvalue weighted by molar-refractivity contribution is 7.91. The summed E-state index contributed by atoms with van der Waals surface area (Å²) in [6, 6.07) is 16.9. The van der Waals surface area contributed by atoms with Crippen LogP contribution in [0.15, 0.2) is 48.5 Å². The van der Waals surface area contributed by atoms with E-state index in [2.05, 4.69) is 58.3 Å². The summed E-state index contributed by atoms with van der Waals surface area (Å²) >= 11 is 0.